The Labute approximate surface area is 146 Å². The predicted molar refractivity (Wildman–Crippen MR) is 97.4 cm³/mol. The summed E-state index contributed by atoms with van der Waals surface area (Å²) in [6, 6.07) is 10.4. The summed E-state index contributed by atoms with van der Waals surface area (Å²) in [5, 5.41) is 9.70. The summed E-state index contributed by atoms with van der Waals surface area (Å²) >= 11 is 1.57. The van der Waals surface area contributed by atoms with Crippen molar-refractivity contribution >= 4 is 23.6 Å². The first-order valence-corrected chi connectivity index (χ1v) is 8.71. The highest BCUT2D eigenvalue weighted by Crippen LogP contribution is 2.29. The molecular weight excluding hydrogens is 324 g/mol. The van der Waals surface area contributed by atoms with E-state index in [2.05, 4.69) is 0 Å². The standard InChI is InChI=1S/C19H20O4S/c1-4-23-17-11-13(6-9-16(17)21)5-8-15(20)14-7-10-19(24-3)18(12-14)22-2/h5-12,21H,4H2,1-3H3. The van der Waals surface area contributed by atoms with Gasteiger partial charge in [-0.25, -0.2) is 0 Å². The number of phenolic OH excluding ortho intramolecular Hbond substituents is 1. The van der Waals surface area contributed by atoms with E-state index in [9.17, 15) is 9.90 Å². The van der Waals surface area contributed by atoms with E-state index < -0.39 is 0 Å². The van der Waals surface area contributed by atoms with Gasteiger partial charge >= 0.3 is 0 Å². The average Bonchev–Trinajstić information content (AvgIpc) is 2.61. The number of ether oxygens (including phenoxy) is 2. The molecule has 0 saturated heterocycles. The fraction of sp³-hybridized carbons (Fsp3) is 0.211. The van der Waals surface area contributed by atoms with Gasteiger partial charge in [0.2, 0.25) is 0 Å². The SMILES string of the molecule is CCOc1cc(C=CC(=O)c2ccc(SC)c(OC)c2)ccc1O. The van der Waals surface area contributed by atoms with E-state index in [-0.39, 0.29) is 11.5 Å². The Morgan fingerprint density at radius 1 is 1.21 bits per heavy atom. The number of benzene rings is 2. The van der Waals surface area contributed by atoms with Crippen molar-refractivity contribution in [1.29, 1.82) is 0 Å². The van der Waals surface area contributed by atoms with E-state index in [1.54, 1.807) is 55.3 Å². The van der Waals surface area contributed by atoms with Gasteiger partial charge in [-0.1, -0.05) is 12.1 Å². The van der Waals surface area contributed by atoms with Crippen LogP contribution in [0.25, 0.3) is 6.08 Å². The second-order valence-corrected chi connectivity index (χ2v) is 5.78. The fourth-order valence-electron chi connectivity index (χ4n) is 2.16. The smallest absolute Gasteiger partial charge is 0.185 e. The summed E-state index contributed by atoms with van der Waals surface area (Å²) in [4.78, 5) is 13.3. The fourth-order valence-corrected chi connectivity index (χ4v) is 2.71. The molecule has 5 heteroatoms. The maximum Gasteiger partial charge on any atom is 0.185 e. The van der Waals surface area contributed by atoms with Crippen LogP contribution < -0.4 is 9.47 Å². The van der Waals surface area contributed by atoms with Crippen LogP contribution in [0.2, 0.25) is 0 Å². The summed E-state index contributed by atoms with van der Waals surface area (Å²) in [7, 11) is 1.59. The molecule has 0 saturated carbocycles. The van der Waals surface area contributed by atoms with Gasteiger partial charge in [0.25, 0.3) is 0 Å². The molecule has 0 spiro atoms. The first-order chi connectivity index (χ1) is 11.6. The number of aromatic hydroxyl groups is 1. The normalized spacial score (nSPS) is 10.8. The summed E-state index contributed by atoms with van der Waals surface area (Å²) in [6.45, 7) is 2.30. The number of ketones is 1. The molecule has 4 nitrogen and oxygen atoms in total. The molecule has 0 heterocycles. The molecule has 0 amide bonds. The van der Waals surface area contributed by atoms with Crippen molar-refractivity contribution in [1.82, 2.24) is 0 Å². The van der Waals surface area contributed by atoms with Crippen LogP contribution in [0.3, 0.4) is 0 Å². The van der Waals surface area contributed by atoms with Crippen LogP contribution in [-0.4, -0.2) is 30.9 Å². The van der Waals surface area contributed by atoms with Crippen molar-refractivity contribution in [3.63, 3.8) is 0 Å². The highest BCUT2D eigenvalue weighted by atomic mass is 32.2. The van der Waals surface area contributed by atoms with Crippen molar-refractivity contribution in [2.45, 2.75) is 11.8 Å². The zero-order valence-corrected chi connectivity index (χ0v) is 14.7. The van der Waals surface area contributed by atoms with Gasteiger partial charge in [-0.05, 0) is 55.2 Å². The first-order valence-electron chi connectivity index (χ1n) is 7.49. The number of hydrogen-bond donors (Lipinski definition) is 1. The lowest BCUT2D eigenvalue weighted by molar-refractivity contribution is 0.104. The highest BCUT2D eigenvalue weighted by molar-refractivity contribution is 7.98. The number of thioether (sulfide) groups is 1. The van der Waals surface area contributed by atoms with Gasteiger partial charge in [0.1, 0.15) is 5.75 Å². The van der Waals surface area contributed by atoms with Crippen LogP contribution >= 0.6 is 11.8 Å². The van der Waals surface area contributed by atoms with Crippen molar-refractivity contribution in [2.24, 2.45) is 0 Å². The molecule has 0 aliphatic heterocycles. The Balaban J connectivity index is 2.20. The van der Waals surface area contributed by atoms with E-state index >= 15 is 0 Å². The van der Waals surface area contributed by atoms with E-state index in [4.69, 9.17) is 9.47 Å². The molecule has 0 atom stereocenters. The van der Waals surface area contributed by atoms with Gasteiger partial charge in [0.05, 0.1) is 13.7 Å². The molecule has 2 rings (SSSR count). The molecule has 0 aliphatic carbocycles. The maximum atomic E-state index is 12.3. The molecular formula is C19H20O4S. The average molecular weight is 344 g/mol. The summed E-state index contributed by atoms with van der Waals surface area (Å²) in [6.07, 6.45) is 5.15. The molecule has 24 heavy (non-hydrogen) atoms. The molecule has 0 fully saturated rings. The Morgan fingerprint density at radius 2 is 2.00 bits per heavy atom. The number of carbonyl (C=O) groups is 1. The minimum absolute atomic E-state index is 0.0812. The van der Waals surface area contributed by atoms with Crippen LogP contribution in [0.15, 0.2) is 47.4 Å². The third kappa shape index (κ3) is 4.32. The van der Waals surface area contributed by atoms with Crippen LogP contribution in [0.1, 0.15) is 22.8 Å². The second kappa shape index (κ2) is 8.45. The summed E-state index contributed by atoms with van der Waals surface area (Å²) in [5.74, 6) is 1.05. The summed E-state index contributed by atoms with van der Waals surface area (Å²) < 4.78 is 10.6. The molecule has 2 aromatic rings. The monoisotopic (exact) mass is 344 g/mol. The molecule has 1 N–H and O–H groups in total. The van der Waals surface area contributed by atoms with E-state index in [1.165, 1.54) is 6.08 Å². The van der Waals surface area contributed by atoms with Crippen molar-refractivity contribution < 1.29 is 19.4 Å². The molecule has 0 aromatic heterocycles. The zero-order valence-electron chi connectivity index (χ0n) is 13.9. The van der Waals surface area contributed by atoms with Gasteiger partial charge in [-0.3, -0.25) is 4.79 Å². The molecule has 0 bridgehead atoms. The third-order valence-electron chi connectivity index (χ3n) is 3.38. The van der Waals surface area contributed by atoms with Crippen molar-refractivity contribution in [3.8, 4) is 17.2 Å². The lowest BCUT2D eigenvalue weighted by Gasteiger charge is -2.07. The predicted octanol–water partition coefficient (Wildman–Crippen LogP) is 4.42. The van der Waals surface area contributed by atoms with Crippen LogP contribution in [0, 0.1) is 0 Å². The van der Waals surface area contributed by atoms with Crippen LogP contribution in [0.4, 0.5) is 0 Å². The maximum absolute atomic E-state index is 12.3. The lowest BCUT2D eigenvalue weighted by Crippen LogP contribution is -1.96. The van der Waals surface area contributed by atoms with Crippen LogP contribution in [-0.2, 0) is 0 Å². The Bertz CT molecular complexity index is 753. The topological polar surface area (TPSA) is 55.8 Å². The van der Waals surface area contributed by atoms with Gasteiger partial charge in [0, 0.05) is 10.5 Å². The van der Waals surface area contributed by atoms with E-state index in [0.29, 0.717) is 23.7 Å². The molecule has 126 valence electrons. The number of allylic oxidation sites excluding steroid dienone is 1. The van der Waals surface area contributed by atoms with Crippen molar-refractivity contribution in [2.75, 3.05) is 20.0 Å². The van der Waals surface area contributed by atoms with Gasteiger partial charge in [-0.15, -0.1) is 11.8 Å². The quantitative estimate of drug-likeness (QED) is 0.458. The Hall–Kier alpha value is -2.40. The third-order valence-corrected chi connectivity index (χ3v) is 4.16. The minimum atomic E-state index is -0.119. The summed E-state index contributed by atoms with van der Waals surface area (Å²) in [5.41, 5.74) is 1.34. The highest BCUT2D eigenvalue weighted by Gasteiger charge is 2.08. The van der Waals surface area contributed by atoms with Crippen molar-refractivity contribution in [3.05, 3.63) is 53.6 Å². The number of rotatable bonds is 7. The molecule has 0 unspecified atom stereocenters. The van der Waals surface area contributed by atoms with E-state index in [1.807, 2.05) is 19.2 Å². The Kier molecular flexibility index (Phi) is 6.32. The number of carbonyl (C=O) groups excluding carboxylic acids is 1. The molecule has 0 aliphatic rings. The largest absolute Gasteiger partial charge is 0.504 e. The van der Waals surface area contributed by atoms with Gasteiger partial charge in [0.15, 0.2) is 17.3 Å². The first kappa shape index (κ1) is 17.9. The molecule has 0 radical (unpaired) electrons. The minimum Gasteiger partial charge on any atom is -0.504 e. The van der Waals surface area contributed by atoms with E-state index in [0.717, 1.165) is 10.5 Å². The Morgan fingerprint density at radius 3 is 2.67 bits per heavy atom. The second-order valence-electron chi connectivity index (χ2n) is 4.93. The van der Waals surface area contributed by atoms with Gasteiger partial charge < -0.3 is 14.6 Å². The lowest BCUT2D eigenvalue weighted by atomic mass is 10.1. The number of hydrogen-bond acceptors (Lipinski definition) is 5. The number of phenols is 1. The zero-order chi connectivity index (χ0) is 17.5. The van der Waals surface area contributed by atoms with Gasteiger partial charge in [-0.2, -0.15) is 0 Å². The molecule has 2 aromatic carbocycles. The number of methoxy groups -OCH3 is 1. The van der Waals surface area contributed by atoms with Crippen LogP contribution in [0.5, 0.6) is 17.2 Å².